The molecule has 0 unspecified atom stereocenters. The fourth-order valence-electron chi connectivity index (χ4n) is 1.77. The molecule has 0 saturated carbocycles. The standard InChI is InChI=1S/C16H15FN2O2S/c1-11(19(21)16(18)20)2-7-14-8-9-15(22-14)10-12-3-5-13(17)6-4-12/h3-6,8-9,11,21H,10H2,1H3,(H2,18,20)/t11-/m1/s1. The van der Waals surface area contributed by atoms with Crippen molar-refractivity contribution in [3.63, 3.8) is 0 Å². The van der Waals surface area contributed by atoms with Gasteiger partial charge in [-0.05, 0) is 36.8 Å². The van der Waals surface area contributed by atoms with E-state index in [-0.39, 0.29) is 5.82 Å². The number of halogens is 1. The lowest BCUT2D eigenvalue weighted by Crippen LogP contribution is -2.38. The van der Waals surface area contributed by atoms with Crippen LogP contribution in [0.2, 0.25) is 0 Å². The SMILES string of the molecule is C[C@H](C#Cc1ccc(Cc2ccc(F)cc2)s1)N(O)C(N)=O. The molecule has 4 nitrogen and oxygen atoms in total. The lowest BCUT2D eigenvalue weighted by molar-refractivity contribution is -0.0536. The molecule has 1 aromatic carbocycles. The summed E-state index contributed by atoms with van der Waals surface area (Å²) in [6, 6.07) is 8.57. The van der Waals surface area contributed by atoms with Crippen LogP contribution in [-0.2, 0) is 6.42 Å². The monoisotopic (exact) mass is 318 g/mol. The number of carbonyl (C=O) groups excluding carboxylic acids is 1. The second kappa shape index (κ2) is 7.07. The van der Waals surface area contributed by atoms with Crippen LogP contribution in [0.3, 0.4) is 0 Å². The molecule has 2 amide bonds. The Labute approximate surface area is 131 Å². The van der Waals surface area contributed by atoms with Gasteiger partial charge in [0.1, 0.15) is 11.9 Å². The zero-order valence-corrected chi connectivity index (χ0v) is 12.7. The number of nitrogens with zero attached hydrogens (tertiary/aromatic N) is 1. The van der Waals surface area contributed by atoms with Gasteiger partial charge in [-0.3, -0.25) is 5.21 Å². The first kappa shape index (κ1) is 16.0. The van der Waals surface area contributed by atoms with E-state index < -0.39 is 12.1 Å². The number of hydrogen-bond donors (Lipinski definition) is 2. The summed E-state index contributed by atoms with van der Waals surface area (Å²) in [5.74, 6) is 5.39. The van der Waals surface area contributed by atoms with Crippen molar-refractivity contribution in [2.45, 2.75) is 19.4 Å². The average molecular weight is 318 g/mol. The normalized spacial score (nSPS) is 11.4. The molecule has 3 N–H and O–H groups in total. The molecular formula is C16H15FN2O2S. The molecule has 0 aliphatic rings. The highest BCUT2D eigenvalue weighted by Crippen LogP contribution is 2.19. The van der Waals surface area contributed by atoms with Crippen LogP contribution in [0.25, 0.3) is 0 Å². The number of benzene rings is 1. The van der Waals surface area contributed by atoms with Crippen molar-refractivity contribution < 1.29 is 14.4 Å². The predicted molar refractivity (Wildman–Crippen MR) is 83.1 cm³/mol. The Bertz CT molecular complexity index is 716. The first-order chi connectivity index (χ1) is 10.5. The van der Waals surface area contributed by atoms with Crippen LogP contribution in [0.1, 0.15) is 22.2 Å². The molecule has 1 aromatic heterocycles. The van der Waals surface area contributed by atoms with E-state index >= 15 is 0 Å². The molecule has 2 rings (SSSR count). The van der Waals surface area contributed by atoms with Gasteiger partial charge in [-0.15, -0.1) is 11.3 Å². The third-order valence-corrected chi connectivity index (χ3v) is 3.95. The quantitative estimate of drug-likeness (QED) is 0.519. The summed E-state index contributed by atoms with van der Waals surface area (Å²) in [5.41, 5.74) is 5.97. The number of hydrogen-bond acceptors (Lipinski definition) is 3. The lowest BCUT2D eigenvalue weighted by Gasteiger charge is -2.14. The summed E-state index contributed by atoms with van der Waals surface area (Å²) >= 11 is 1.51. The summed E-state index contributed by atoms with van der Waals surface area (Å²) in [6.45, 7) is 1.57. The predicted octanol–water partition coefficient (Wildman–Crippen LogP) is 2.99. The topological polar surface area (TPSA) is 66.6 Å². The molecule has 0 aliphatic carbocycles. The number of thiophene rings is 1. The fourth-order valence-corrected chi connectivity index (χ4v) is 2.67. The van der Waals surface area contributed by atoms with Crippen LogP contribution in [0.5, 0.6) is 0 Å². The molecule has 1 atom stereocenters. The minimum atomic E-state index is -0.940. The Morgan fingerprint density at radius 1 is 1.36 bits per heavy atom. The van der Waals surface area contributed by atoms with Crippen molar-refractivity contribution in [1.29, 1.82) is 0 Å². The number of hydroxylamine groups is 2. The molecule has 0 fully saturated rings. The Morgan fingerprint density at radius 2 is 2.05 bits per heavy atom. The second-order valence-corrected chi connectivity index (χ2v) is 5.87. The smallest absolute Gasteiger partial charge is 0.339 e. The maximum Gasteiger partial charge on any atom is 0.339 e. The Kier molecular flexibility index (Phi) is 5.15. The van der Waals surface area contributed by atoms with Crippen LogP contribution >= 0.6 is 11.3 Å². The Balaban J connectivity index is 2.03. The third kappa shape index (κ3) is 4.32. The molecule has 1 heterocycles. The van der Waals surface area contributed by atoms with E-state index in [1.165, 1.54) is 23.5 Å². The first-order valence-corrected chi connectivity index (χ1v) is 7.39. The van der Waals surface area contributed by atoms with E-state index in [9.17, 15) is 14.4 Å². The van der Waals surface area contributed by atoms with Crippen molar-refractivity contribution >= 4 is 17.4 Å². The molecule has 0 radical (unpaired) electrons. The number of carbonyl (C=O) groups is 1. The van der Waals surface area contributed by atoms with E-state index in [4.69, 9.17) is 5.73 Å². The number of nitrogens with two attached hydrogens (primary N) is 1. The molecular weight excluding hydrogens is 303 g/mol. The maximum absolute atomic E-state index is 12.9. The zero-order valence-electron chi connectivity index (χ0n) is 11.9. The number of rotatable bonds is 3. The van der Waals surface area contributed by atoms with Gasteiger partial charge in [-0.25, -0.2) is 9.18 Å². The van der Waals surface area contributed by atoms with Crippen LogP contribution in [-0.4, -0.2) is 22.3 Å². The van der Waals surface area contributed by atoms with Gasteiger partial charge in [0.05, 0.1) is 4.88 Å². The van der Waals surface area contributed by atoms with Gasteiger partial charge in [-0.2, -0.15) is 5.06 Å². The zero-order chi connectivity index (χ0) is 16.1. The average Bonchev–Trinajstić information content (AvgIpc) is 2.94. The van der Waals surface area contributed by atoms with E-state index in [1.807, 2.05) is 12.1 Å². The summed E-state index contributed by atoms with van der Waals surface area (Å²) in [6.07, 6.45) is 0.704. The van der Waals surface area contributed by atoms with Crippen LogP contribution in [0, 0.1) is 17.7 Å². The first-order valence-electron chi connectivity index (χ1n) is 6.58. The number of primary amides is 1. The highest BCUT2D eigenvalue weighted by Gasteiger charge is 2.11. The second-order valence-electron chi connectivity index (χ2n) is 4.70. The van der Waals surface area contributed by atoms with Gasteiger partial charge in [0.2, 0.25) is 0 Å². The minimum Gasteiger partial charge on any atom is -0.350 e. The van der Waals surface area contributed by atoms with E-state index in [1.54, 1.807) is 19.1 Å². The van der Waals surface area contributed by atoms with Crippen molar-refractivity contribution in [3.8, 4) is 11.8 Å². The summed E-state index contributed by atoms with van der Waals surface area (Å²) in [7, 11) is 0. The van der Waals surface area contributed by atoms with Gasteiger partial charge in [-0.1, -0.05) is 24.0 Å². The highest BCUT2D eigenvalue weighted by molar-refractivity contribution is 7.12. The van der Waals surface area contributed by atoms with E-state index in [2.05, 4.69) is 11.8 Å². The van der Waals surface area contributed by atoms with Crippen molar-refractivity contribution in [2.24, 2.45) is 5.73 Å². The summed E-state index contributed by atoms with van der Waals surface area (Å²) < 4.78 is 12.9. The molecule has 6 heteroatoms. The van der Waals surface area contributed by atoms with Gasteiger partial charge < -0.3 is 5.73 Å². The van der Waals surface area contributed by atoms with Gasteiger partial charge >= 0.3 is 6.03 Å². The summed E-state index contributed by atoms with van der Waals surface area (Å²) in [5, 5.41) is 9.71. The van der Waals surface area contributed by atoms with Gasteiger partial charge in [0, 0.05) is 11.3 Å². The molecule has 0 aliphatic heterocycles. The summed E-state index contributed by atoms with van der Waals surface area (Å²) in [4.78, 5) is 12.7. The highest BCUT2D eigenvalue weighted by atomic mass is 32.1. The Morgan fingerprint density at radius 3 is 2.68 bits per heavy atom. The number of amides is 2. The maximum atomic E-state index is 12.9. The van der Waals surface area contributed by atoms with Crippen LogP contribution < -0.4 is 5.73 Å². The van der Waals surface area contributed by atoms with Crippen molar-refractivity contribution in [1.82, 2.24) is 5.06 Å². The third-order valence-electron chi connectivity index (χ3n) is 2.95. The van der Waals surface area contributed by atoms with Crippen LogP contribution in [0.15, 0.2) is 36.4 Å². The molecule has 0 spiro atoms. The molecule has 22 heavy (non-hydrogen) atoms. The molecule has 0 bridgehead atoms. The van der Waals surface area contributed by atoms with Crippen molar-refractivity contribution in [2.75, 3.05) is 0 Å². The fraction of sp³-hybridized carbons (Fsp3) is 0.188. The Hall–Kier alpha value is -2.36. The van der Waals surface area contributed by atoms with Crippen LogP contribution in [0.4, 0.5) is 9.18 Å². The molecule has 114 valence electrons. The van der Waals surface area contributed by atoms with Gasteiger partial charge in [0.25, 0.3) is 0 Å². The largest absolute Gasteiger partial charge is 0.350 e. The van der Waals surface area contributed by atoms with E-state index in [0.717, 1.165) is 15.3 Å². The van der Waals surface area contributed by atoms with E-state index in [0.29, 0.717) is 11.5 Å². The number of urea groups is 1. The van der Waals surface area contributed by atoms with Crippen molar-refractivity contribution in [3.05, 3.63) is 57.5 Å². The lowest BCUT2D eigenvalue weighted by atomic mass is 10.1. The van der Waals surface area contributed by atoms with Gasteiger partial charge in [0.15, 0.2) is 0 Å². The minimum absolute atomic E-state index is 0.251. The molecule has 0 saturated heterocycles. The molecule has 2 aromatic rings.